The number of fused-ring (bicyclic) bond motifs is 1. The summed E-state index contributed by atoms with van der Waals surface area (Å²) in [6, 6.07) is 12.0. The molecule has 0 saturated heterocycles. The Morgan fingerprint density at radius 1 is 1.24 bits per heavy atom. The van der Waals surface area contributed by atoms with Gasteiger partial charge in [0.05, 0.1) is 12.7 Å². The van der Waals surface area contributed by atoms with Crippen molar-refractivity contribution in [1.82, 2.24) is 15.2 Å². The molecule has 1 amide bonds. The highest BCUT2D eigenvalue weighted by atomic mass is 16.5. The Bertz CT molecular complexity index is 706. The number of carbonyl (C=O) groups excluding carboxylic acids is 1. The molecule has 0 aliphatic heterocycles. The van der Waals surface area contributed by atoms with Gasteiger partial charge < -0.3 is 10.1 Å². The summed E-state index contributed by atoms with van der Waals surface area (Å²) in [6.07, 6.45) is 4.72. The predicted octanol–water partition coefficient (Wildman–Crippen LogP) is 2.06. The maximum atomic E-state index is 13.0. The normalized spacial score (nSPS) is 16.3. The SMILES string of the molecule is C[C@H](CNC(=O)C1(N(C)C)Cc2ccccc2C1)Oc1cccnc1. The molecule has 0 spiro atoms. The first-order valence-corrected chi connectivity index (χ1v) is 8.60. The quantitative estimate of drug-likeness (QED) is 0.875. The van der Waals surface area contributed by atoms with Gasteiger partial charge in [-0.25, -0.2) is 0 Å². The molecule has 1 heterocycles. The van der Waals surface area contributed by atoms with Crippen LogP contribution in [0.25, 0.3) is 0 Å². The minimum Gasteiger partial charge on any atom is -0.487 e. The summed E-state index contributed by atoms with van der Waals surface area (Å²) in [4.78, 5) is 19.1. The summed E-state index contributed by atoms with van der Waals surface area (Å²) in [5.74, 6) is 0.759. The second-order valence-corrected chi connectivity index (χ2v) is 6.88. The molecule has 1 atom stereocenters. The lowest BCUT2D eigenvalue weighted by Crippen LogP contribution is -2.58. The van der Waals surface area contributed by atoms with Gasteiger partial charge in [-0.1, -0.05) is 24.3 Å². The number of hydrogen-bond acceptors (Lipinski definition) is 4. The van der Waals surface area contributed by atoms with Crippen LogP contribution in [0.3, 0.4) is 0 Å². The zero-order valence-electron chi connectivity index (χ0n) is 15.0. The summed E-state index contributed by atoms with van der Waals surface area (Å²) >= 11 is 0. The molecule has 0 bridgehead atoms. The highest BCUT2D eigenvalue weighted by Gasteiger charge is 2.45. The average Bonchev–Trinajstić information content (AvgIpc) is 3.01. The van der Waals surface area contributed by atoms with Crippen molar-refractivity contribution >= 4 is 5.91 Å². The number of nitrogens with one attached hydrogen (secondary N) is 1. The maximum absolute atomic E-state index is 13.0. The van der Waals surface area contributed by atoms with E-state index >= 15 is 0 Å². The van der Waals surface area contributed by atoms with Gasteiger partial charge in [0.25, 0.3) is 0 Å². The van der Waals surface area contributed by atoms with E-state index < -0.39 is 5.54 Å². The molecule has 25 heavy (non-hydrogen) atoms. The lowest BCUT2D eigenvalue weighted by molar-refractivity contribution is -0.132. The van der Waals surface area contributed by atoms with Crippen LogP contribution < -0.4 is 10.1 Å². The van der Waals surface area contributed by atoms with Crippen LogP contribution in [-0.4, -0.2) is 48.1 Å². The average molecular weight is 339 g/mol. The Kier molecular flexibility index (Phi) is 5.04. The van der Waals surface area contributed by atoms with E-state index in [9.17, 15) is 4.79 Å². The Hall–Kier alpha value is -2.40. The fourth-order valence-electron chi connectivity index (χ4n) is 3.37. The molecule has 1 N–H and O–H groups in total. The Morgan fingerprint density at radius 2 is 1.92 bits per heavy atom. The van der Waals surface area contributed by atoms with Crippen LogP contribution in [0.5, 0.6) is 5.75 Å². The Balaban J connectivity index is 1.63. The summed E-state index contributed by atoms with van der Waals surface area (Å²) in [5, 5.41) is 3.08. The van der Waals surface area contributed by atoms with Gasteiger partial charge >= 0.3 is 0 Å². The van der Waals surface area contributed by atoms with Gasteiger partial charge in [0.15, 0.2) is 0 Å². The molecule has 5 heteroatoms. The molecule has 0 radical (unpaired) electrons. The van der Waals surface area contributed by atoms with E-state index in [2.05, 4.69) is 22.4 Å². The molecule has 5 nitrogen and oxygen atoms in total. The molecule has 3 rings (SSSR count). The first-order chi connectivity index (χ1) is 12.0. The number of ether oxygens (including phenoxy) is 1. The van der Waals surface area contributed by atoms with E-state index in [4.69, 9.17) is 4.74 Å². The zero-order valence-corrected chi connectivity index (χ0v) is 15.0. The summed E-state index contributed by atoms with van der Waals surface area (Å²) < 4.78 is 5.79. The minimum absolute atomic E-state index is 0.0512. The van der Waals surface area contributed by atoms with Crippen molar-refractivity contribution in [2.45, 2.75) is 31.4 Å². The number of aromatic nitrogens is 1. The van der Waals surface area contributed by atoms with Crippen molar-refractivity contribution in [3.8, 4) is 5.75 Å². The van der Waals surface area contributed by atoms with Crippen molar-refractivity contribution in [3.05, 3.63) is 59.9 Å². The van der Waals surface area contributed by atoms with Crippen molar-refractivity contribution < 1.29 is 9.53 Å². The lowest BCUT2D eigenvalue weighted by atomic mass is 9.93. The first kappa shape index (κ1) is 17.4. The van der Waals surface area contributed by atoms with Crippen LogP contribution in [-0.2, 0) is 17.6 Å². The largest absolute Gasteiger partial charge is 0.487 e. The Morgan fingerprint density at radius 3 is 2.48 bits per heavy atom. The fourth-order valence-corrected chi connectivity index (χ4v) is 3.37. The van der Waals surface area contributed by atoms with E-state index in [1.54, 1.807) is 12.4 Å². The molecule has 1 aromatic carbocycles. The third-order valence-electron chi connectivity index (χ3n) is 4.88. The number of nitrogens with zero attached hydrogens (tertiary/aromatic N) is 2. The zero-order chi connectivity index (χ0) is 17.9. The van der Waals surface area contributed by atoms with Gasteiger partial charge in [0.2, 0.25) is 5.91 Å². The summed E-state index contributed by atoms with van der Waals surface area (Å²) in [5.41, 5.74) is 1.98. The number of rotatable bonds is 6. The molecule has 1 aliphatic carbocycles. The number of carbonyl (C=O) groups is 1. The third-order valence-corrected chi connectivity index (χ3v) is 4.88. The van der Waals surface area contributed by atoms with Crippen LogP contribution in [0.4, 0.5) is 0 Å². The minimum atomic E-state index is -0.530. The molecule has 0 unspecified atom stereocenters. The number of amides is 1. The molecule has 0 saturated carbocycles. The molecule has 1 aliphatic rings. The van der Waals surface area contributed by atoms with Gasteiger partial charge in [-0.2, -0.15) is 0 Å². The topological polar surface area (TPSA) is 54.5 Å². The molecule has 132 valence electrons. The Labute approximate surface area is 149 Å². The van der Waals surface area contributed by atoms with Crippen molar-refractivity contribution in [1.29, 1.82) is 0 Å². The summed E-state index contributed by atoms with van der Waals surface area (Å²) in [6.45, 7) is 2.40. The van der Waals surface area contributed by atoms with E-state index in [-0.39, 0.29) is 12.0 Å². The van der Waals surface area contributed by atoms with Crippen LogP contribution in [0, 0.1) is 0 Å². The van der Waals surface area contributed by atoms with Gasteiger partial charge in [-0.15, -0.1) is 0 Å². The highest BCUT2D eigenvalue weighted by molar-refractivity contribution is 5.88. The second-order valence-electron chi connectivity index (χ2n) is 6.88. The van der Waals surface area contributed by atoms with E-state index in [0.29, 0.717) is 12.3 Å². The fraction of sp³-hybridized carbons (Fsp3) is 0.400. The second kappa shape index (κ2) is 7.23. The van der Waals surface area contributed by atoms with Crippen LogP contribution in [0.1, 0.15) is 18.1 Å². The molecule has 1 aromatic heterocycles. The van der Waals surface area contributed by atoms with Gasteiger partial charge in [0, 0.05) is 19.0 Å². The standard InChI is InChI=1S/C20H25N3O2/c1-15(25-18-9-6-10-21-14-18)13-22-19(24)20(23(2)3)11-16-7-4-5-8-17(16)12-20/h4-10,14-15H,11-13H2,1-3H3,(H,22,24)/t15-/m1/s1. The van der Waals surface area contributed by atoms with Gasteiger partial charge in [-0.05, 0) is 44.3 Å². The molecular formula is C20H25N3O2. The van der Waals surface area contributed by atoms with E-state index in [1.165, 1.54) is 11.1 Å². The molecule has 2 aromatic rings. The van der Waals surface area contributed by atoms with Crippen LogP contribution >= 0.6 is 0 Å². The number of hydrogen-bond donors (Lipinski definition) is 1. The van der Waals surface area contributed by atoms with Crippen LogP contribution in [0.2, 0.25) is 0 Å². The first-order valence-electron chi connectivity index (χ1n) is 8.60. The van der Waals surface area contributed by atoms with E-state index in [1.807, 2.05) is 50.2 Å². The predicted molar refractivity (Wildman–Crippen MR) is 97.6 cm³/mol. The lowest BCUT2D eigenvalue weighted by Gasteiger charge is -2.35. The van der Waals surface area contributed by atoms with Gasteiger partial charge in [0.1, 0.15) is 17.4 Å². The smallest absolute Gasteiger partial charge is 0.241 e. The number of benzene rings is 1. The van der Waals surface area contributed by atoms with Gasteiger partial charge in [-0.3, -0.25) is 14.7 Å². The van der Waals surface area contributed by atoms with Crippen molar-refractivity contribution in [2.24, 2.45) is 0 Å². The molecule has 0 fully saturated rings. The summed E-state index contributed by atoms with van der Waals surface area (Å²) in [7, 11) is 3.95. The number of likely N-dealkylation sites (N-methyl/N-ethyl adjacent to an activating group) is 1. The maximum Gasteiger partial charge on any atom is 0.241 e. The molecular weight excluding hydrogens is 314 g/mol. The van der Waals surface area contributed by atoms with Crippen LogP contribution in [0.15, 0.2) is 48.8 Å². The van der Waals surface area contributed by atoms with Crippen molar-refractivity contribution in [2.75, 3.05) is 20.6 Å². The highest BCUT2D eigenvalue weighted by Crippen LogP contribution is 2.33. The monoisotopic (exact) mass is 339 g/mol. The third kappa shape index (κ3) is 3.66. The van der Waals surface area contributed by atoms with Crippen molar-refractivity contribution in [3.63, 3.8) is 0 Å². The van der Waals surface area contributed by atoms with E-state index in [0.717, 1.165) is 12.8 Å². The number of pyridine rings is 1.